The number of nitrogens with zero attached hydrogens (tertiary/aromatic N) is 1. The summed E-state index contributed by atoms with van der Waals surface area (Å²) < 4.78 is 0. The van der Waals surface area contributed by atoms with Crippen LogP contribution in [0.3, 0.4) is 0 Å². The van der Waals surface area contributed by atoms with Crippen molar-refractivity contribution in [3.05, 3.63) is 104 Å². The van der Waals surface area contributed by atoms with E-state index in [9.17, 15) is 10.1 Å². The van der Waals surface area contributed by atoms with Gasteiger partial charge in [-0.2, -0.15) is 0 Å². The number of hydrogen-bond acceptors (Lipinski definition) is 4. The smallest absolute Gasteiger partial charge is 0.292 e. The number of benzene rings is 3. The summed E-state index contributed by atoms with van der Waals surface area (Å²) in [5.41, 5.74) is 9.08. The summed E-state index contributed by atoms with van der Waals surface area (Å²) in [6.07, 6.45) is 0.665. The van der Waals surface area contributed by atoms with Crippen LogP contribution in [0, 0.1) is 10.1 Å². The second-order valence-corrected chi connectivity index (χ2v) is 8.07. The zero-order chi connectivity index (χ0) is 21.7. The lowest BCUT2D eigenvalue weighted by atomic mass is 9.90. The van der Waals surface area contributed by atoms with Crippen LogP contribution in [0.4, 0.5) is 11.4 Å². The molecule has 5 nitrogen and oxygen atoms in total. The van der Waals surface area contributed by atoms with Gasteiger partial charge in [-0.05, 0) is 53.4 Å². The van der Waals surface area contributed by atoms with Crippen molar-refractivity contribution in [2.75, 3.05) is 11.9 Å². The zero-order valence-corrected chi connectivity index (χ0v) is 18.2. The van der Waals surface area contributed by atoms with Gasteiger partial charge in [0.2, 0.25) is 0 Å². The third-order valence-corrected chi connectivity index (χ3v) is 5.38. The molecule has 3 rings (SSSR count). The molecule has 1 unspecified atom stereocenters. The molecule has 0 radical (unpaired) electrons. The van der Waals surface area contributed by atoms with Crippen LogP contribution in [-0.2, 0) is 6.42 Å². The minimum Gasteiger partial charge on any atom is -0.393 e. The third kappa shape index (κ3) is 5.48. The number of anilines is 1. The summed E-state index contributed by atoms with van der Waals surface area (Å²) in [6.45, 7) is 0.503. The molecule has 3 N–H and O–H groups in total. The topological polar surface area (TPSA) is 81.2 Å². The molecule has 30 heavy (non-hydrogen) atoms. The van der Waals surface area contributed by atoms with Crippen molar-refractivity contribution in [2.24, 2.45) is 5.73 Å². The van der Waals surface area contributed by atoms with E-state index in [-0.39, 0.29) is 16.6 Å². The molecule has 3 aromatic carbocycles. The van der Waals surface area contributed by atoms with Gasteiger partial charge in [-0.15, -0.1) is 0 Å². The maximum atomic E-state index is 11.5. The first-order chi connectivity index (χ1) is 14.3. The van der Waals surface area contributed by atoms with Crippen LogP contribution in [0.2, 0.25) is 10.0 Å². The predicted molar refractivity (Wildman–Crippen MR) is 127 cm³/mol. The maximum Gasteiger partial charge on any atom is 0.292 e. The fraction of sp³-hybridized carbons (Fsp3) is 0.136. The highest BCUT2D eigenvalue weighted by atomic mass is 35.5. The lowest BCUT2D eigenvalue weighted by molar-refractivity contribution is -0.384. The fourth-order valence-corrected chi connectivity index (χ4v) is 3.86. The SMILES string of the molecule is NC(=S)C(c1ccc(Cl)cc1)c1ccc([N+](=O)[O-])c(NCCc2cccc(Cl)c2)c1. The van der Waals surface area contributed by atoms with E-state index in [4.69, 9.17) is 41.2 Å². The van der Waals surface area contributed by atoms with Gasteiger partial charge in [-0.3, -0.25) is 10.1 Å². The summed E-state index contributed by atoms with van der Waals surface area (Å²) in [4.78, 5) is 11.4. The Kier molecular flexibility index (Phi) is 7.26. The number of rotatable bonds is 8. The van der Waals surface area contributed by atoms with Gasteiger partial charge in [0.15, 0.2) is 0 Å². The molecule has 0 aliphatic heterocycles. The van der Waals surface area contributed by atoms with Crippen molar-refractivity contribution in [3.8, 4) is 0 Å². The molecule has 0 heterocycles. The fourth-order valence-electron chi connectivity index (χ4n) is 3.24. The van der Waals surface area contributed by atoms with Crippen molar-refractivity contribution in [3.63, 3.8) is 0 Å². The lowest BCUT2D eigenvalue weighted by Crippen LogP contribution is -2.20. The van der Waals surface area contributed by atoms with Crippen molar-refractivity contribution in [1.29, 1.82) is 0 Å². The number of nitro groups is 1. The monoisotopic (exact) mass is 459 g/mol. The standard InChI is InChI=1S/C22H19Cl2N3O2S/c23-17-7-4-15(5-8-17)21(22(25)30)16-6-9-20(27(28)29)19(13-16)26-11-10-14-2-1-3-18(24)12-14/h1-9,12-13,21,26H,10-11H2,(H2,25,30). The number of halogens is 2. The van der Waals surface area contributed by atoms with Gasteiger partial charge in [-0.1, -0.05) is 65.8 Å². The Bertz CT molecular complexity index is 1070. The third-order valence-electron chi connectivity index (χ3n) is 4.66. The molecule has 0 aliphatic carbocycles. The molecule has 0 aliphatic rings. The van der Waals surface area contributed by atoms with Crippen LogP contribution in [0.1, 0.15) is 22.6 Å². The Hall–Kier alpha value is -2.67. The molecule has 1 atom stereocenters. The predicted octanol–water partition coefficient (Wildman–Crippen LogP) is 5.97. The Labute approximate surface area is 190 Å². The van der Waals surface area contributed by atoms with Gasteiger partial charge in [-0.25, -0.2) is 0 Å². The maximum absolute atomic E-state index is 11.5. The molecule has 0 saturated heterocycles. The van der Waals surface area contributed by atoms with Crippen molar-refractivity contribution in [2.45, 2.75) is 12.3 Å². The van der Waals surface area contributed by atoms with Crippen LogP contribution in [0.15, 0.2) is 66.7 Å². The van der Waals surface area contributed by atoms with Crippen LogP contribution < -0.4 is 11.1 Å². The average molecular weight is 460 g/mol. The van der Waals surface area contributed by atoms with Gasteiger partial charge in [0.1, 0.15) is 5.69 Å². The first-order valence-corrected chi connectivity index (χ1v) is 10.3. The van der Waals surface area contributed by atoms with E-state index >= 15 is 0 Å². The van der Waals surface area contributed by atoms with Crippen LogP contribution >= 0.6 is 35.4 Å². The van der Waals surface area contributed by atoms with Gasteiger partial charge in [0.25, 0.3) is 5.69 Å². The Morgan fingerprint density at radius 1 is 1.03 bits per heavy atom. The minimum atomic E-state index is -0.413. The Morgan fingerprint density at radius 2 is 1.73 bits per heavy atom. The lowest BCUT2D eigenvalue weighted by Gasteiger charge is -2.18. The number of nitrogens with two attached hydrogens (primary N) is 1. The summed E-state index contributed by atoms with van der Waals surface area (Å²) in [6, 6.07) is 19.6. The minimum absolute atomic E-state index is 0.0114. The van der Waals surface area contributed by atoms with Gasteiger partial charge in [0, 0.05) is 22.7 Å². The highest BCUT2D eigenvalue weighted by Crippen LogP contribution is 2.32. The second-order valence-electron chi connectivity index (χ2n) is 6.73. The van der Waals surface area contributed by atoms with Crippen LogP contribution in [0.5, 0.6) is 0 Å². The molecule has 0 amide bonds. The molecule has 154 valence electrons. The highest BCUT2D eigenvalue weighted by Gasteiger charge is 2.21. The number of nitrogens with one attached hydrogen (secondary N) is 1. The molecule has 3 aromatic rings. The Balaban J connectivity index is 1.88. The van der Waals surface area contributed by atoms with E-state index in [0.29, 0.717) is 28.7 Å². The van der Waals surface area contributed by atoms with Gasteiger partial charge in [0.05, 0.1) is 15.8 Å². The van der Waals surface area contributed by atoms with Gasteiger partial charge < -0.3 is 11.1 Å². The van der Waals surface area contributed by atoms with Gasteiger partial charge >= 0.3 is 0 Å². The summed E-state index contributed by atoms with van der Waals surface area (Å²) in [5.74, 6) is -0.383. The molecule has 8 heteroatoms. The van der Waals surface area contributed by atoms with E-state index in [1.807, 2.05) is 30.3 Å². The zero-order valence-electron chi connectivity index (χ0n) is 15.8. The highest BCUT2D eigenvalue weighted by molar-refractivity contribution is 7.80. The van der Waals surface area contributed by atoms with E-state index in [2.05, 4.69) is 5.32 Å². The molecular formula is C22H19Cl2N3O2S. The van der Waals surface area contributed by atoms with Crippen molar-refractivity contribution < 1.29 is 4.92 Å². The molecule has 0 bridgehead atoms. The van der Waals surface area contributed by atoms with Crippen LogP contribution in [0.25, 0.3) is 0 Å². The molecule has 0 spiro atoms. The van der Waals surface area contributed by atoms with Crippen LogP contribution in [-0.4, -0.2) is 16.5 Å². The molecular weight excluding hydrogens is 441 g/mol. The summed E-state index contributed by atoms with van der Waals surface area (Å²) in [7, 11) is 0. The van der Waals surface area contributed by atoms with E-state index in [1.165, 1.54) is 6.07 Å². The number of nitro benzene ring substituents is 1. The normalized spacial score (nSPS) is 11.7. The molecule has 0 fully saturated rings. The number of hydrogen-bond donors (Lipinski definition) is 2. The van der Waals surface area contributed by atoms with E-state index in [1.54, 1.807) is 30.3 Å². The molecule has 0 aromatic heterocycles. The first-order valence-electron chi connectivity index (χ1n) is 9.16. The summed E-state index contributed by atoms with van der Waals surface area (Å²) >= 11 is 17.3. The largest absolute Gasteiger partial charge is 0.393 e. The van der Waals surface area contributed by atoms with Crippen molar-refractivity contribution >= 4 is 51.8 Å². The van der Waals surface area contributed by atoms with E-state index in [0.717, 1.165) is 16.7 Å². The first kappa shape index (κ1) is 22.0. The summed E-state index contributed by atoms with van der Waals surface area (Å²) in [5, 5.41) is 15.9. The average Bonchev–Trinajstić information content (AvgIpc) is 2.69. The molecule has 0 saturated carbocycles. The Morgan fingerprint density at radius 3 is 2.37 bits per heavy atom. The number of thiocarbonyl (C=S) groups is 1. The quantitative estimate of drug-likeness (QED) is 0.246. The second kappa shape index (κ2) is 9.89. The van der Waals surface area contributed by atoms with Crippen molar-refractivity contribution in [1.82, 2.24) is 0 Å². The van der Waals surface area contributed by atoms with E-state index < -0.39 is 4.92 Å².